The van der Waals surface area contributed by atoms with E-state index < -0.39 is 5.97 Å². The highest BCUT2D eigenvalue weighted by atomic mass is 35.5. The fourth-order valence-corrected chi connectivity index (χ4v) is 1.97. The van der Waals surface area contributed by atoms with E-state index in [0.29, 0.717) is 16.5 Å². The number of nitrogens with two attached hydrogens (primary N) is 1. The molecule has 0 bridgehead atoms. The Labute approximate surface area is 127 Å². The van der Waals surface area contributed by atoms with Crippen LogP contribution in [0.4, 0.5) is 5.69 Å². The number of hydrogen-bond acceptors (Lipinski definition) is 5. The maximum absolute atomic E-state index is 11.9. The van der Waals surface area contributed by atoms with E-state index in [-0.39, 0.29) is 18.1 Å². The van der Waals surface area contributed by atoms with Gasteiger partial charge in [0.15, 0.2) is 0 Å². The van der Waals surface area contributed by atoms with Gasteiger partial charge in [-0.25, -0.2) is 9.78 Å². The minimum absolute atomic E-state index is 0.105. The van der Waals surface area contributed by atoms with Crippen molar-refractivity contribution in [2.45, 2.75) is 13.8 Å². The number of carbonyl (C=O) groups is 1. The molecule has 1 aromatic carbocycles. The number of ether oxygens (including phenoxy) is 2. The smallest absolute Gasteiger partial charge is 0.343 e. The first kappa shape index (κ1) is 15.1. The number of nitrogen functional groups attached to an aromatic ring is 1. The molecule has 1 aromatic heterocycles. The number of aryl methyl sites for hydroxylation is 1. The van der Waals surface area contributed by atoms with Gasteiger partial charge in [-0.3, -0.25) is 0 Å². The third-order valence-electron chi connectivity index (χ3n) is 2.66. The van der Waals surface area contributed by atoms with Crippen molar-refractivity contribution in [2.24, 2.45) is 0 Å². The maximum Gasteiger partial charge on any atom is 0.343 e. The van der Waals surface area contributed by atoms with Crippen LogP contribution >= 0.6 is 11.6 Å². The van der Waals surface area contributed by atoms with Crippen molar-refractivity contribution in [2.75, 3.05) is 12.3 Å². The van der Waals surface area contributed by atoms with Crippen molar-refractivity contribution < 1.29 is 14.3 Å². The summed E-state index contributed by atoms with van der Waals surface area (Å²) in [7, 11) is 0. The van der Waals surface area contributed by atoms with E-state index in [4.69, 9.17) is 26.8 Å². The lowest BCUT2D eigenvalue weighted by Crippen LogP contribution is -2.08. The molecule has 0 amide bonds. The van der Waals surface area contributed by atoms with Crippen LogP contribution in [0.3, 0.4) is 0 Å². The van der Waals surface area contributed by atoms with Gasteiger partial charge < -0.3 is 15.2 Å². The molecule has 2 aromatic rings. The first-order valence-electron chi connectivity index (χ1n) is 6.38. The molecule has 5 nitrogen and oxygen atoms in total. The second kappa shape index (κ2) is 6.45. The molecule has 0 fully saturated rings. The Kier molecular flexibility index (Phi) is 4.65. The molecule has 0 unspecified atom stereocenters. The summed E-state index contributed by atoms with van der Waals surface area (Å²) in [6, 6.07) is 6.79. The zero-order valence-electron chi connectivity index (χ0n) is 11.7. The lowest BCUT2D eigenvalue weighted by Gasteiger charge is -2.11. The summed E-state index contributed by atoms with van der Waals surface area (Å²) in [5.74, 6) is -0.0333. The molecule has 0 aliphatic rings. The number of pyridine rings is 1. The Bertz CT molecular complexity index is 674. The summed E-state index contributed by atoms with van der Waals surface area (Å²) in [6.07, 6.45) is 1.40. The van der Waals surface area contributed by atoms with Gasteiger partial charge in [-0.05, 0) is 37.6 Å². The predicted octanol–water partition coefficient (Wildman–Crippen LogP) is 3.59. The van der Waals surface area contributed by atoms with E-state index in [0.717, 1.165) is 5.56 Å². The number of carbonyl (C=O) groups excluding carboxylic acids is 1. The molecule has 0 saturated carbocycles. The average molecular weight is 307 g/mol. The summed E-state index contributed by atoms with van der Waals surface area (Å²) < 4.78 is 10.6. The molecule has 1 heterocycles. The standard InChI is InChI=1S/C15H15ClN2O3/c1-3-20-15(19)11-7-10(17)8-18-14(11)21-13-5-4-9(2)6-12(13)16/h4-8H,3,17H2,1-2H3. The minimum atomic E-state index is -0.546. The fraction of sp³-hybridized carbons (Fsp3) is 0.200. The van der Waals surface area contributed by atoms with Gasteiger partial charge >= 0.3 is 5.97 Å². The molecule has 110 valence electrons. The van der Waals surface area contributed by atoms with Gasteiger partial charge in [-0.2, -0.15) is 0 Å². The van der Waals surface area contributed by atoms with E-state index in [2.05, 4.69) is 4.98 Å². The second-order valence-electron chi connectivity index (χ2n) is 4.38. The van der Waals surface area contributed by atoms with Crippen LogP contribution in [0.5, 0.6) is 11.6 Å². The largest absolute Gasteiger partial charge is 0.462 e. The highest BCUT2D eigenvalue weighted by Crippen LogP contribution is 2.31. The molecule has 2 N–H and O–H groups in total. The van der Waals surface area contributed by atoms with E-state index in [1.54, 1.807) is 19.1 Å². The van der Waals surface area contributed by atoms with Gasteiger partial charge in [0.2, 0.25) is 5.88 Å². The lowest BCUT2D eigenvalue weighted by atomic mass is 10.2. The highest BCUT2D eigenvalue weighted by molar-refractivity contribution is 6.32. The van der Waals surface area contributed by atoms with Gasteiger partial charge in [-0.15, -0.1) is 0 Å². The molecular formula is C15H15ClN2O3. The number of nitrogens with zero attached hydrogens (tertiary/aromatic N) is 1. The van der Waals surface area contributed by atoms with Crippen molar-refractivity contribution >= 4 is 23.3 Å². The first-order valence-corrected chi connectivity index (χ1v) is 6.75. The molecule has 0 aliphatic heterocycles. The van der Waals surface area contributed by atoms with Crippen molar-refractivity contribution in [3.05, 3.63) is 46.6 Å². The zero-order chi connectivity index (χ0) is 15.4. The summed E-state index contributed by atoms with van der Waals surface area (Å²) in [5.41, 5.74) is 7.16. The van der Waals surface area contributed by atoms with Crippen LogP contribution in [0.2, 0.25) is 5.02 Å². The fourth-order valence-electron chi connectivity index (χ4n) is 1.70. The van der Waals surface area contributed by atoms with Gasteiger partial charge in [-0.1, -0.05) is 17.7 Å². The molecule has 0 saturated heterocycles. The Hall–Kier alpha value is -2.27. The van der Waals surface area contributed by atoms with Gasteiger partial charge in [0.1, 0.15) is 11.3 Å². The normalized spacial score (nSPS) is 10.2. The van der Waals surface area contributed by atoms with Gasteiger partial charge in [0.25, 0.3) is 0 Å². The average Bonchev–Trinajstić information content (AvgIpc) is 2.43. The topological polar surface area (TPSA) is 74.4 Å². The van der Waals surface area contributed by atoms with Crippen molar-refractivity contribution in [3.8, 4) is 11.6 Å². The molecule has 6 heteroatoms. The van der Waals surface area contributed by atoms with Crippen LogP contribution in [0.15, 0.2) is 30.5 Å². The van der Waals surface area contributed by atoms with Crippen molar-refractivity contribution in [1.82, 2.24) is 4.98 Å². The number of anilines is 1. The quantitative estimate of drug-likeness (QED) is 0.874. The number of hydrogen-bond donors (Lipinski definition) is 1. The van der Waals surface area contributed by atoms with Gasteiger partial charge in [0.05, 0.1) is 23.5 Å². The monoisotopic (exact) mass is 306 g/mol. The Balaban J connectivity index is 2.37. The molecule has 2 rings (SSSR count). The molecule has 0 atom stereocenters. The summed E-state index contributed by atoms with van der Waals surface area (Å²) in [5, 5.41) is 0.434. The maximum atomic E-state index is 11.9. The highest BCUT2D eigenvalue weighted by Gasteiger charge is 2.17. The lowest BCUT2D eigenvalue weighted by molar-refractivity contribution is 0.0523. The van der Waals surface area contributed by atoms with Crippen LogP contribution in [0.1, 0.15) is 22.8 Å². The van der Waals surface area contributed by atoms with Crippen LogP contribution in [-0.4, -0.2) is 17.6 Å². The van der Waals surface area contributed by atoms with E-state index >= 15 is 0 Å². The van der Waals surface area contributed by atoms with Crippen molar-refractivity contribution in [3.63, 3.8) is 0 Å². The second-order valence-corrected chi connectivity index (χ2v) is 4.78. The molecule has 0 spiro atoms. The molecule has 0 aliphatic carbocycles. The van der Waals surface area contributed by atoms with Crippen LogP contribution in [-0.2, 0) is 4.74 Å². The minimum Gasteiger partial charge on any atom is -0.462 e. The predicted molar refractivity (Wildman–Crippen MR) is 80.9 cm³/mol. The van der Waals surface area contributed by atoms with Crippen LogP contribution < -0.4 is 10.5 Å². The molecular weight excluding hydrogens is 292 g/mol. The van der Waals surface area contributed by atoms with Crippen LogP contribution in [0.25, 0.3) is 0 Å². The number of esters is 1. The number of rotatable bonds is 4. The SMILES string of the molecule is CCOC(=O)c1cc(N)cnc1Oc1ccc(C)cc1Cl. The van der Waals surface area contributed by atoms with Crippen LogP contribution in [0, 0.1) is 6.92 Å². The van der Waals surface area contributed by atoms with E-state index in [1.165, 1.54) is 12.3 Å². The first-order chi connectivity index (χ1) is 10.0. The van der Waals surface area contributed by atoms with Gasteiger partial charge in [0, 0.05) is 0 Å². The Morgan fingerprint density at radius 3 is 2.81 bits per heavy atom. The van der Waals surface area contributed by atoms with E-state index in [9.17, 15) is 4.79 Å². The van der Waals surface area contributed by atoms with Crippen molar-refractivity contribution in [1.29, 1.82) is 0 Å². The summed E-state index contributed by atoms with van der Waals surface area (Å²) >= 11 is 6.11. The Morgan fingerprint density at radius 1 is 1.38 bits per heavy atom. The third kappa shape index (κ3) is 3.64. The Morgan fingerprint density at radius 2 is 2.14 bits per heavy atom. The number of aromatic nitrogens is 1. The summed E-state index contributed by atoms with van der Waals surface area (Å²) in [6.45, 7) is 3.88. The third-order valence-corrected chi connectivity index (χ3v) is 2.96. The number of halogens is 1. The molecule has 21 heavy (non-hydrogen) atoms. The molecule has 0 radical (unpaired) electrons. The van der Waals surface area contributed by atoms with E-state index in [1.807, 2.05) is 13.0 Å². The summed E-state index contributed by atoms with van der Waals surface area (Å²) in [4.78, 5) is 15.9. The number of benzene rings is 1. The zero-order valence-corrected chi connectivity index (χ0v) is 12.5.